The topological polar surface area (TPSA) is 210 Å². The van der Waals surface area contributed by atoms with Crippen LogP contribution in [0.4, 0.5) is 5.13 Å². The first-order chi connectivity index (χ1) is 20.3. The Hall–Kier alpha value is -3.45. The minimum atomic E-state index is -3.88. The fraction of sp³-hybridized carbons (Fsp3) is 0.360. The van der Waals surface area contributed by atoms with Crippen LogP contribution in [0.2, 0.25) is 0 Å². The van der Waals surface area contributed by atoms with E-state index in [1.165, 1.54) is 43.3 Å². The number of oxime groups is 1. The fourth-order valence-corrected chi connectivity index (χ4v) is 8.01. The highest BCUT2D eigenvalue weighted by atomic mass is 32.2. The van der Waals surface area contributed by atoms with Gasteiger partial charge in [0, 0.05) is 30.4 Å². The van der Waals surface area contributed by atoms with Gasteiger partial charge in [0.25, 0.3) is 11.8 Å². The molecule has 2 aliphatic heterocycles. The number of aliphatic carboxylic acids is 1. The third-order valence-corrected chi connectivity index (χ3v) is 10.7. The molecule has 1 aromatic carbocycles. The van der Waals surface area contributed by atoms with Gasteiger partial charge in [-0.05, 0) is 42.2 Å². The summed E-state index contributed by atoms with van der Waals surface area (Å²) in [6.45, 7) is 3.24. The molecule has 43 heavy (non-hydrogen) atoms. The second-order valence-corrected chi connectivity index (χ2v) is 14.3. The number of amides is 2. The van der Waals surface area contributed by atoms with Crippen molar-refractivity contribution in [2.75, 3.05) is 30.9 Å². The van der Waals surface area contributed by atoms with Crippen LogP contribution in [0.1, 0.15) is 23.7 Å². The molecule has 2 amide bonds. The van der Waals surface area contributed by atoms with Crippen molar-refractivity contribution in [3.05, 3.63) is 51.7 Å². The first-order valence-electron chi connectivity index (χ1n) is 12.6. The van der Waals surface area contributed by atoms with Crippen molar-refractivity contribution < 1.29 is 37.5 Å². The summed E-state index contributed by atoms with van der Waals surface area (Å²) in [5.41, 5.74) is 7.18. The second-order valence-electron chi connectivity index (χ2n) is 9.31. The molecule has 3 heterocycles. The van der Waals surface area contributed by atoms with Crippen molar-refractivity contribution in [2.24, 2.45) is 5.16 Å². The molecular formula is C25H28N6O8S4. The lowest BCUT2D eigenvalue weighted by atomic mass is 9.97. The quantitative estimate of drug-likeness (QED) is 0.108. The summed E-state index contributed by atoms with van der Waals surface area (Å²) >= 11 is 3.38. The highest BCUT2D eigenvalue weighted by molar-refractivity contribution is 8.13. The summed E-state index contributed by atoms with van der Waals surface area (Å²) in [5.74, 6) is -2.16. The van der Waals surface area contributed by atoms with Gasteiger partial charge in [0.15, 0.2) is 16.0 Å². The molecule has 0 spiro atoms. The number of benzene rings is 1. The predicted octanol–water partition coefficient (Wildman–Crippen LogP) is 0.924. The van der Waals surface area contributed by atoms with E-state index in [1.54, 1.807) is 13.0 Å². The van der Waals surface area contributed by atoms with Gasteiger partial charge in [0.2, 0.25) is 10.0 Å². The van der Waals surface area contributed by atoms with Gasteiger partial charge in [0.05, 0.1) is 4.90 Å². The van der Waals surface area contributed by atoms with E-state index in [2.05, 4.69) is 20.2 Å². The number of β-lactam (4-membered cyclic amide) rings is 1. The van der Waals surface area contributed by atoms with Crippen molar-refractivity contribution in [1.82, 2.24) is 19.9 Å². The number of hydrogen-bond acceptors (Lipinski definition) is 13. The number of carbonyl (C=O) groups is 4. The van der Waals surface area contributed by atoms with Gasteiger partial charge in [-0.25, -0.2) is 22.9 Å². The highest BCUT2D eigenvalue weighted by Crippen LogP contribution is 2.41. The molecule has 0 radical (unpaired) electrons. The zero-order chi connectivity index (χ0) is 31.5. The zero-order valence-corrected chi connectivity index (χ0v) is 26.4. The molecule has 1 aromatic heterocycles. The molecule has 5 N–H and O–H groups in total. The zero-order valence-electron chi connectivity index (χ0n) is 23.1. The summed E-state index contributed by atoms with van der Waals surface area (Å²) in [6, 6.07) is 3.53. The van der Waals surface area contributed by atoms with Crippen LogP contribution in [-0.4, -0.2) is 88.6 Å². The van der Waals surface area contributed by atoms with E-state index >= 15 is 0 Å². The average Bonchev–Trinajstić information content (AvgIpc) is 3.38. The van der Waals surface area contributed by atoms with E-state index < -0.39 is 39.2 Å². The Morgan fingerprint density at radius 2 is 2.07 bits per heavy atom. The highest BCUT2D eigenvalue weighted by Gasteiger charge is 2.54. The van der Waals surface area contributed by atoms with E-state index in [1.807, 2.05) is 0 Å². The number of rotatable bonds is 12. The summed E-state index contributed by atoms with van der Waals surface area (Å²) < 4.78 is 28.1. The molecule has 14 nitrogen and oxygen atoms in total. The number of aryl methyl sites for hydroxylation is 1. The summed E-state index contributed by atoms with van der Waals surface area (Å²) in [5, 5.41) is 17.3. The van der Waals surface area contributed by atoms with Gasteiger partial charge in [-0.1, -0.05) is 23.0 Å². The van der Waals surface area contributed by atoms with Gasteiger partial charge in [-0.2, -0.15) is 0 Å². The van der Waals surface area contributed by atoms with Crippen LogP contribution in [0, 0.1) is 6.92 Å². The minimum Gasteiger partial charge on any atom is -0.477 e. The fourth-order valence-electron chi connectivity index (χ4n) is 4.41. The van der Waals surface area contributed by atoms with Crippen LogP contribution in [0.25, 0.3) is 0 Å². The average molecular weight is 669 g/mol. The smallest absolute Gasteiger partial charge is 0.352 e. The Labute approximate surface area is 259 Å². The van der Waals surface area contributed by atoms with Crippen molar-refractivity contribution in [3.63, 3.8) is 0 Å². The summed E-state index contributed by atoms with van der Waals surface area (Å²) in [7, 11) is -2.63. The van der Waals surface area contributed by atoms with Gasteiger partial charge < -0.3 is 21.0 Å². The number of fused-ring (bicyclic) bond motifs is 1. The Balaban J connectivity index is 1.52. The lowest BCUT2D eigenvalue weighted by molar-refractivity contribution is -0.150. The molecule has 2 atom stereocenters. The molecule has 230 valence electrons. The summed E-state index contributed by atoms with van der Waals surface area (Å²) in [4.78, 5) is 59.5. The van der Waals surface area contributed by atoms with Gasteiger partial charge in [0.1, 0.15) is 29.9 Å². The van der Waals surface area contributed by atoms with Crippen molar-refractivity contribution >= 4 is 78.6 Å². The molecule has 0 aliphatic carbocycles. The number of carboxylic acids is 1. The third-order valence-electron chi connectivity index (χ3n) is 6.43. The Morgan fingerprint density at radius 3 is 2.70 bits per heavy atom. The number of aromatic nitrogens is 1. The number of nitrogen functional groups attached to an aromatic ring is 1. The van der Waals surface area contributed by atoms with Crippen molar-refractivity contribution in [2.45, 2.75) is 36.6 Å². The van der Waals surface area contributed by atoms with Gasteiger partial charge in [-0.3, -0.25) is 19.3 Å². The number of hydrogen-bond donors (Lipinski definition) is 4. The monoisotopic (exact) mass is 668 g/mol. The number of thiazole rings is 1. The first kappa shape index (κ1) is 32.5. The third kappa shape index (κ3) is 7.20. The maximum atomic E-state index is 13.2. The van der Waals surface area contributed by atoms with Gasteiger partial charge >= 0.3 is 5.97 Å². The summed E-state index contributed by atoms with van der Waals surface area (Å²) in [6.07, 6.45) is 0.0907. The molecule has 2 aromatic rings. The molecule has 2 aliphatic rings. The number of sulfonamides is 1. The molecule has 4 rings (SSSR count). The molecule has 0 saturated carbocycles. The van der Waals surface area contributed by atoms with E-state index in [9.17, 15) is 32.7 Å². The lowest BCUT2D eigenvalue weighted by Gasteiger charge is -2.49. The second kappa shape index (κ2) is 13.5. The van der Waals surface area contributed by atoms with Crippen LogP contribution in [0.5, 0.6) is 0 Å². The van der Waals surface area contributed by atoms with Gasteiger partial charge in [-0.15, -0.1) is 23.1 Å². The molecule has 1 fully saturated rings. The largest absolute Gasteiger partial charge is 0.477 e. The normalized spacial score (nSPS) is 18.6. The lowest BCUT2D eigenvalue weighted by Crippen LogP contribution is -2.71. The van der Waals surface area contributed by atoms with Crippen LogP contribution in [-0.2, 0) is 40.5 Å². The van der Waals surface area contributed by atoms with Crippen LogP contribution in [0.15, 0.2) is 44.9 Å². The van der Waals surface area contributed by atoms with Crippen LogP contribution < -0.4 is 15.8 Å². The number of thioether (sulfide) groups is 2. The maximum absolute atomic E-state index is 13.2. The molecule has 18 heteroatoms. The molecule has 1 saturated heterocycles. The number of nitrogens with two attached hydrogens (primary N) is 1. The Morgan fingerprint density at radius 1 is 1.33 bits per heavy atom. The number of anilines is 1. The van der Waals surface area contributed by atoms with E-state index in [4.69, 9.17) is 10.6 Å². The van der Waals surface area contributed by atoms with Crippen LogP contribution in [0.3, 0.4) is 0 Å². The number of nitrogens with zero attached hydrogens (tertiary/aromatic N) is 3. The standard InChI is InChI=1S/C25H28N6O8S4/c1-12-4-5-16(43(37,38)27-6-7-40-13(2)32)9-14(12)8-15-10-41-23-19(22(34)31(23)20(15)24(35)36)29-21(33)18(30-39-3)17-11-42-25(26)28-17/h4-5,9,11,19,23,27H,6-8,10H2,1-3H3,(H2,26,28)(H,29,33)(H,35,36)/b30-18-/t19-,23-/m1/s1. The van der Waals surface area contributed by atoms with Crippen molar-refractivity contribution in [3.8, 4) is 0 Å². The Bertz CT molecular complexity index is 1640. The number of nitrogens with one attached hydrogen (secondary N) is 2. The molecular weight excluding hydrogens is 641 g/mol. The maximum Gasteiger partial charge on any atom is 0.352 e. The molecule has 0 bridgehead atoms. The molecule has 0 unspecified atom stereocenters. The van der Waals surface area contributed by atoms with E-state index in [-0.39, 0.29) is 56.7 Å². The van der Waals surface area contributed by atoms with E-state index in [0.717, 1.165) is 33.6 Å². The Kier molecular flexibility index (Phi) is 10.2. The van der Waals surface area contributed by atoms with E-state index in [0.29, 0.717) is 11.1 Å². The minimum absolute atomic E-state index is 0.00191. The predicted molar refractivity (Wildman–Crippen MR) is 163 cm³/mol. The van der Waals surface area contributed by atoms with Crippen molar-refractivity contribution in [1.29, 1.82) is 0 Å². The SMILES string of the molecule is CO/N=C(\C(=O)N[C@@H]1C(=O)N2C(C(=O)O)=C(Cc3cc(S(=O)(=O)NCCSC(C)=O)ccc3C)CS[C@H]12)c1csc(N)n1. The number of carbonyl (C=O) groups excluding carboxylic acids is 3. The first-order valence-corrected chi connectivity index (χ1v) is 17.0. The van der Waals surface area contributed by atoms with Crippen LogP contribution >= 0.6 is 34.9 Å². The number of carboxylic acid groups (broad SMARTS) is 1.